The molecular weight excluding hydrogens is 483 g/mol. The molecule has 1 N–H and O–H groups in total. The SMILES string of the molecule is CCOc1ccc(-c2ccc(OCCNS(=O)(=O)c3cc(C(F)(F)F)ccc3Cl)nn2)cc1. The number of halogens is 4. The van der Waals surface area contributed by atoms with Crippen LogP contribution in [0.5, 0.6) is 11.6 Å². The van der Waals surface area contributed by atoms with Crippen molar-refractivity contribution in [1.29, 1.82) is 0 Å². The van der Waals surface area contributed by atoms with Gasteiger partial charge >= 0.3 is 6.18 Å². The second-order valence-electron chi connectivity index (χ2n) is 6.60. The highest BCUT2D eigenvalue weighted by Crippen LogP contribution is 2.33. The Labute approximate surface area is 193 Å². The van der Waals surface area contributed by atoms with E-state index >= 15 is 0 Å². The molecule has 7 nitrogen and oxygen atoms in total. The predicted octanol–water partition coefficient (Wildman–Crippen LogP) is 4.57. The third-order valence-corrected chi connectivity index (χ3v) is 6.24. The van der Waals surface area contributed by atoms with Crippen LogP contribution in [0.15, 0.2) is 59.5 Å². The largest absolute Gasteiger partial charge is 0.494 e. The van der Waals surface area contributed by atoms with Crippen molar-refractivity contribution in [2.75, 3.05) is 19.8 Å². The lowest BCUT2D eigenvalue weighted by Gasteiger charge is -2.12. The molecule has 0 aliphatic carbocycles. The molecule has 3 aromatic rings. The highest BCUT2D eigenvalue weighted by molar-refractivity contribution is 7.89. The Balaban J connectivity index is 1.56. The monoisotopic (exact) mass is 501 g/mol. The molecule has 0 saturated carbocycles. The maximum Gasteiger partial charge on any atom is 0.416 e. The zero-order valence-electron chi connectivity index (χ0n) is 17.3. The van der Waals surface area contributed by atoms with E-state index in [1.54, 1.807) is 12.1 Å². The maximum atomic E-state index is 12.9. The van der Waals surface area contributed by atoms with Gasteiger partial charge in [-0.3, -0.25) is 0 Å². The molecule has 3 rings (SSSR count). The number of nitrogens with zero attached hydrogens (tertiary/aromatic N) is 2. The quantitative estimate of drug-likeness (QED) is 0.432. The maximum absolute atomic E-state index is 12.9. The molecule has 0 unspecified atom stereocenters. The third-order valence-electron chi connectivity index (χ3n) is 4.29. The summed E-state index contributed by atoms with van der Waals surface area (Å²) in [5, 5.41) is 7.67. The van der Waals surface area contributed by atoms with Crippen LogP contribution < -0.4 is 14.2 Å². The average Bonchev–Trinajstić information content (AvgIpc) is 2.77. The number of benzene rings is 2. The van der Waals surface area contributed by atoms with Crippen molar-refractivity contribution in [3.8, 4) is 22.9 Å². The first-order valence-electron chi connectivity index (χ1n) is 9.66. The van der Waals surface area contributed by atoms with Crippen molar-refractivity contribution < 1.29 is 31.1 Å². The van der Waals surface area contributed by atoms with Crippen LogP contribution in [0.1, 0.15) is 12.5 Å². The first kappa shape index (κ1) is 24.7. The Hall–Kier alpha value is -2.89. The van der Waals surface area contributed by atoms with Gasteiger partial charge in [-0.25, -0.2) is 13.1 Å². The van der Waals surface area contributed by atoms with Gasteiger partial charge in [0.15, 0.2) is 0 Å². The summed E-state index contributed by atoms with van der Waals surface area (Å²) in [6.07, 6.45) is -4.70. The van der Waals surface area contributed by atoms with Crippen molar-refractivity contribution in [1.82, 2.24) is 14.9 Å². The Bertz CT molecular complexity index is 1190. The minimum atomic E-state index is -4.70. The van der Waals surface area contributed by atoms with Crippen molar-refractivity contribution >= 4 is 21.6 Å². The van der Waals surface area contributed by atoms with Crippen LogP contribution in [0.4, 0.5) is 13.2 Å². The molecule has 0 aliphatic rings. The van der Waals surface area contributed by atoms with Gasteiger partial charge in [0.1, 0.15) is 17.3 Å². The fourth-order valence-corrected chi connectivity index (χ4v) is 4.27. The molecule has 176 valence electrons. The molecule has 12 heteroatoms. The molecule has 2 aromatic carbocycles. The van der Waals surface area contributed by atoms with E-state index in [4.69, 9.17) is 21.1 Å². The van der Waals surface area contributed by atoms with E-state index in [9.17, 15) is 21.6 Å². The molecular formula is C21H19ClF3N3O4S. The number of hydrogen-bond donors (Lipinski definition) is 1. The van der Waals surface area contributed by atoms with Crippen molar-refractivity contribution in [3.63, 3.8) is 0 Å². The fraction of sp³-hybridized carbons (Fsp3) is 0.238. The number of ether oxygens (including phenoxy) is 2. The lowest BCUT2D eigenvalue weighted by Crippen LogP contribution is -2.29. The zero-order valence-corrected chi connectivity index (χ0v) is 18.8. The Morgan fingerprint density at radius 2 is 1.73 bits per heavy atom. The van der Waals surface area contributed by atoms with Crippen LogP contribution in [0.2, 0.25) is 5.02 Å². The van der Waals surface area contributed by atoms with Crippen molar-refractivity contribution in [2.24, 2.45) is 0 Å². The van der Waals surface area contributed by atoms with E-state index in [0.717, 1.165) is 17.4 Å². The van der Waals surface area contributed by atoms with Crippen LogP contribution in [0.3, 0.4) is 0 Å². The summed E-state index contributed by atoms with van der Waals surface area (Å²) in [6, 6.07) is 12.6. The highest BCUT2D eigenvalue weighted by atomic mass is 35.5. The lowest BCUT2D eigenvalue weighted by molar-refractivity contribution is -0.137. The number of nitrogens with one attached hydrogen (secondary N) is 1. The second kappa shape index (κ2) is 10.4. The van der Waals surface area contributed by atoms with Gasteiger partial charge in [0.25, 0.3) is 0 Å². The van der Waals surface area contributed by atoms with Crippen molar-refractivity contribution in [3.05, 3.63) is 65.2 Å². The summed E-state index contributed by atoms with van der Waals surface area (Å²) in [6.45, 7) is 2.10. The van der Waals surface area contributed by atoms with E-state index in [0.29, 0.717) is 24.4 Å². The van der Waals surface area contributed by atoms with Gasteiger partial charge in [-0.1, -0.05) is 11.6 Å². The summed E-state index contributed by atoms with van der Waals surface area (Å²) in [7, 11) is -4.29. The normalized spacial score (nSPS) is 11.9. The van der Waals surface area contributed by atoms with Crippen LogP contribution in [-0.2, 0) is 16.2 Å². The zero-order chi connectivity index (χ0) is 24.1. The molecule has 0 bridgehead atoms. The minimum Gasteiger partial charge on any atom is -0.494 e. The van der Waals surface area contributed by atoms with E-state index in [1.165, 1.54) is 0 Å². The molecule has 0 saturated heterocycles. The molecule has 0 amide bonds. The smallest absolute Gasteiger partial charge is 0.416 e. The number of alkyl halides is 3. The van der Waals surface area contributed by atoms with E-state index in [-0.39, 0.29) is 24.1 Å². The first-order valence-corrected chi connectivity index (χ1v) is 11.5. The molecule has 33 heavy (non-hydrogen) atoms. The van der Waals surface area contributed by atoms with Crippen LogP contribution in [0, 0.1) is 0 Å². The topological polar surface area (TPSA) is 90.4 Å². The molecule has 0 radical (unpaired) electrons. The van der Waals surface area contributed by atoms with E-state index in [2.05, 4.69) is 14.9 Å². The first-order chi connectivity index (χ1) is 15.6. The summed E-state index contributed by atoms with van der Waals surface area (Å²) >= 11 is 5.79. The van der Waals surface area contributed by atoms with Gasteiger partial charge in [0.05, 0.1) is 22.9 Å². The standard InChI is InChI=1S/C21H19ClF3N3O4S/c1-2-31-16-6-3-14(4-7-16)18-9-10-20(28-27-18)32-12-11-26-33(29,30)19-13-15(21(23,24)25)5-8-17(19)22/h3-10,13,26H,2,11-12H2,1H3. The average molecular weight is 502 g/mol. The molecule has 1 aromatic heterocycles. The fourth-order valence-electron chi connectivity index (χ4n) is 2.73. The lowest BCUT2D eigenvalue weighted by atomic mass is 10.1. The predicted molar refractivity (Wildman–Crippen MR) is 116 cm³/mol. The highest BCUT2D eigenvalue weighted by Gasteiger charge is 2.32. The van der Waals surface area contributed by atoms with Crippen LogP contribution in [0.25, 0.3) is 11.3 Å². The van der Waals surface area contributed by atoms with Crippen molar-refractivity contribution in [2.45, 2.75) is 18.0 Å². The van der Waals surface area contributed by atoms with E-state index in [1.807, 2.05) is 31.2 Å². The molecule has 0 atom stereocenters. The second-order valence-corrected chi connectivity index (χ2v) is 8.75. The minimum absolute atomic E-state index is 0.132. The molecule has 0 aliphatic heterocycles. The van der Waals surface area contributed by atoms with E-state index < -0.39 is 26.7 Å². The summed E-state index contributed by atoms with van der Waals surface area (Å²) < 4.78 is 76.2. The van der Waals surface area contributed by atoms with Gasteiger partial charge in [-0.2, -0.15) is 13.2 Å². The Morgan fingerprint density at radius 3 is 2.33 bits per heavy atom. The summed E-state index contributed by atoms with van der Waals surface area (Å²) in [4.78, 5) is -0.668. The molecule has 0 fully saturated rings. The van der Waals surface area contributed by atoms with Crippen LogP contribution >= 0.6 is 11.6 Å². The molecule has 1 heterocycles. The van der Waals surface area contributed by atoms with Gasteiger partial charge in [-0.15, -0.1) is 10.2 Å². The van der Waals surface area contributed by atoms with Crippen LogP contribution in [-0.4, -0.2) is 38.4 Å². The summed E-state index contributed by atoms with van der Waals surface area (Å²) in [5.41, 5.74) is 0.305. The number of rotatable bonds is 9. The van der Waals surface area contributed by atoms with Gasteiger partial charge in [-0.05, 0) is 55.5 Å². The number of aromatic nitrogens is 2. The number of sulfonamides is 1. The Morgan fingerprint density at radius 1 is 1.00 bits per heavy atom. The van der Waals surface area contributed by atoms with Gasteiger partial charge in [0, 0.05) is 18.2 Å². The summed E-state index contributed by atoms with van der Waals surface area (Å²) in [5.74, 6) is 0.893. The number of hydrogen-bond acceptors (Lipinski definition) is 6. The third kappa shape index (κ3) is 6.56. The van der Waals surface area contributed by atoms with Gasteiger partial charge in [0.2, 0.25) is 15.9 Å². The molecule has 0 spiro atoms. The Kier molecular flexibility index (Phi) is 7.77. The van der Waals surface area contributed by atoms with Gasteiger partial charge < -0.3 is 9.47 Å².